The minimum atomic E-state index is -0.0612. The summed E-state index contributed by atoms with van der Waals surface area (Å²) in [5, 5.41) is 9.39. The molecule has 0 fully saturated rings. The van der Waals surface area contributed by atoms with Crippen LogP contribution >= 0.6 is 11.6 Å². The maximum Gasteiger partial charge on any atom is 0.138 e. The SMILES string of the molecule is C[C@@H](N)c1ccc(OCc2cccc(C#N)c2)c(Cl)c1. The summed E-state index contributed by atoms with van der Waals surface area (Å²) < 4.78 is 5.67. The Hall–Kier alpha value is -2.02. The number of halogens is 1. The second kappa shape index (κ2) is 6.42. The maximum atomic E-state index is 8.85. The van der Waals surface area contributed by atoms with Crippen LogP contribution in [-0.2, 0) is 6.61 Å². The van der Waals surface area contributed by atoms with Gasteiger partial charge in [-0.15, -0.1) is 0 Å². The molecule has 0 saturated heterocycles. The predicted molar refractivity (Wildman–Crippen MR) is 79.5 cm³/mol. The topological polar surface area (TPSA) is 59.0 Å². The number of nitrogens with two attached hydrogens (primary N) is 1. The first-order valence-corrected chi connectivity index (χ1v) is 6.65. The van der Waals surface area contributed by atoms with E-state index in [9.17, 15) is 0 Å². The number of nitrogens with zero attached hydrogens (tertiary/aromatic N) is 1. The van der Waals surface area contributed by atoms with E-state index in [1.54, 1.807) is 12.1 Å². The summed E-state index contributed by atoms with van der Waals surface area (Å²) in [5.41, 5.74) is 8.31. The number of hydrogen-bond donors (Lipinski definition) is 1. The van der Waals surface area contributed by atoms with Crippen LogP contribution in [0.1, 0.15) is 29.7 Å². The lowest BCUT2D eigenvalue weighted by Crippen LogP contribution is -2.05. The summed E-state index contributed by atoms with van der Waals surface area (Å²) in [6, 6.07) is 14.9. The van der Waals surface area contributed by atoms with Gasteiger partial charge in [-0.2, -0.15) is 5.26 Å². The highest BCUT2D eigenvalue weighted by Crippen LogP contribution is 2.28. The molecule has 2 aromatic carbocycles. The Labute approximate surface area is 123 Å². The zero-order valence-electron chi connectivity index (χ0n) is 11.1. The van der Waals surface area contributed by atoms with Crippen LogP contribution < -0.4 is 10.5 Å². The van der Waals surface area contributed by atoms with Crippen molar-refractivity contribution in [1.29, 1.82) is 5.26 Å². The smallest absolute Gasteiger partial charge is 0.138 e. The van der Waals surface area contributed by atoms with Gasteiger partial charge >= 0.3 is 0 Å². The molecular weight excluding hydrogens is 272 g/mol. The molecule has 0 bridgehead atoms. The molecule has 2 aromatic rings. The van der Waals surface area contributed by atoms with Gasteiger partial charge in [0, 0.05) is 6.04 Å². The van der Waals surface area contributed by atoms with E-state index >= 15 is 0 Å². The van der Waals surface area contributed by atoms with Gasteiger partial charge in [-0.05, 0) is 42.3 Å². The molecule has 0 aliphatic rings. The van der Waals surface area contributed by atoms with Gasteiger partial charge in [0.25, 0.3) is 0 Å². The van der Waals surface area contributed by atoms with Gasteiger partial charge in [0.1, 0.15) is 12.4 Å². The lowest BCUT2D eigenvalue weighted by atomic mass is 10.1. The van der Waals surface area contributed by atoms with Crippen LogP contribution in [0, 0.1) is 11.3 Å². The van der Waals surface area contributed by atoms with E-state index in [2.05, 4.69) is 6.07 Å². The fraction of sp³-hybridized carbons (Fsp3) is 0.188. The maximum absolute atomic E-state index is 8.85. The third-order valence-corrected chi connectivity index (χ3v) is 3.23. The van der Waals surface area contributed by atoms with E-state index in [1.165, 1.54) is 0 Å². The fourth-order valence-electron chi connectivity index (χ4n) is 1.81. The van der Waals surface area contributed by atoms with Crippen LogP contribution in [0.25, 0.3) is 0 Å². The molecule has 20 heavy (non-hydrogen) atoms. The largest absolute Gasteiger partial charge is 0.487 e. The van der Waals surface area contributed by atoms with Crippen molar-refractivity contribution in [3.8, 4) is 11.8 Å². The van der Waals surface area contributed by atoms with Crippen molar-refractivity contribution in [3.63, 3.8) is 0 Å². The molecule has 0 aromatic heterocycles. The molecule has 1 atom stereocenters. The molecule has 0 heterocycles. The normalized spacial score (nSPS) is 11.7. The van der Waals surface area contributed by atoms with E-state index in [0.717, 1.165) is 11.1 Å². The van der Waals surface area contributed by atoms with Crippen LogP contribution in [0.5, 0.6) is 5.75 Å². The summed E-state index contributed by atoms with van der Waals surface area (Å²) in [4.78, 5) is 0. The van der Waals surface area contributed by atoms with Crippen molar-refractivity contribution in [2.75, 3.05) is 0 Å². The molecule has 0 saturated carbocycles. The van der Waals surface area contributed by atoms with E-state index in [1.807, 2.05) is 37.3 Å². The molecule has 0 aliphatic heterocycles. The van der Waals surface area contributed by atoms with Gasteiger partial charge in [-0.3, -0.25) is 0 Å². The zero-order chi connectivity index (χ0) is 14.5. The molecular formula is C16H15ClN2O. The molecule has 3 nitrogen and oxygen atoms in total. The predicted octanol–water partition coefficient (Wildman–Crippen LogP) is 3.81. The number of hydrogen-bond acceptors (Lipinski definition) is 3. The quantitative estimate of drug-likeness (QED) is 0.930. The van der Waals surface area contributed by atoms with Crippen molar-refractivity contribution in [3.05, 3.63) is 64.2 Å². The Morgan fingerprint density at radius 1 is 1.30 bits per heavy atom. The van der Waals surface area contributed by atoms with Gasteiger partial charge in [0.2, 0.25) is 0 Å². The molecule has 102 valence electrons. The Kier molecular flexibility index (Phi) is 4.62. The Morgan fingerprint density at radius 3 is 2.75 bits per heavy atom. The summed E-state index contributed by atoms with van der Waals surface area (Å²) in [5.74, 6) is 0.610. The number of benzene rings is 2. The first-order valence-electron chi connectivity index (χ1n) is 6.27. The highest BCUT2D eigenvalue weighted by Gasteiger charge is 2.06. The van der Waals surface area contributed by atoms with E-state index in [4.69, 9.17) is 27.3 Å². The lowest BCUT2D eigenvalue weighted by Gasteiger charge is -2.11. The van der Waals surface area contributed by atoms with Crippen LogP contribution in [0.2, 0.25) is 5.02 Å². The number of rotatable bonds is 4. The van der Waals surface area contributed by atoms with Gasteiger partial charge in [0.05, 0.1) is 16.7 Å². The van der Waals surface area contributed by atoms with Crippen LogP contribution in [0.4, 0.5) is 0 Å². The minimum Gasteiger partial charge on any atom is -0.487 e. The first kappa shape index (κ1) is 14.4. The van der Waals surface area contributed by atoms with Crippen molar-refractivity contribution in [2.24, 2.45) is 5.73 Å². The van der Waals surface area contributed by atoms with Crippen LogP contribution in [0.3, 0.4) is 0 Å². The van der Waals surface area contributed by atoms with E-state index < -0.39 is 0 Å². The molecule has 2 rings (SSSR count). The van der Waals surface area contributed by atoms with Crippen molar-refractivity contribution in [1.82, 2.24) is 0 Å². The van der Waals surface area contributed by atoms with Crippen LogP contribution in [0.15, 0.2) is 42.5 Å². The molecule has 0 unspecified atom stereocenters. The number of nitriles is 1. The molecule has 2 N–H and O–H groups in total. The monoisotopic (exact) mass is 286 g/mol. The van der Waals surface area contributed by atoms with Gasteiger partial charge in [-0.25, -0.2) is 0 Å². The Balaban J connectivity index is 2.09. The molecule has 0 amide bonds. The second-order valence-electron chi connectivity index (χ2n) is 4.58. The highest BCUT2D eigenvalue weighted by molar-refractivity contribution is 6.32. The summed E-state index contributed by atoms with van der Waals surface area (Å²) >= 11 is 6.17. The zero-order valence-corrected chi connectivity index (χ0v) is 11.9. The van der Waals surface area contributed by atoms with E-state index in [0.29, 0.717) is 22.9 Å². The van der Waals surface area contributed by atoms with Crippen molar-refractivity contribution in [2.45, 2.75) is 19.6 Å². The third-order valence-electron chi connectivity index (χ3n) is 2.93. The van der Waals surface area contributed by atoms with Crippen LogP contribution in [-0.4, -0.2) is 0 Å². The molecule has 0 aliphatic carbocycles. The standard InChI is InChI=1S/C16H15ClN2O/c1-11(19)14-5-6-16(15(17)8-14)20-10-13-4-2-3-12(7-13)9-18/h2-8,11H,10,19H2,1H3/t11-/m1/s1. The summed E-state index contributed by atoms with van der Waals surface area (Å²) in [6.45, 7) is 2.27. The van der Waals surface area contributed by atoms with Crippen molar-refractivity contribution >= 4 is 11.6 Å². The van der Waals surface area contributed by atoms with Gasteiger partial charge < -0.3 is 10.5 Å². The molecule has 0 radical (unpaired) electrons. The first-order chi connectivity index (χ1) is 9.60. The molecule has 4 heteroatoms. The average molecular weight is 287 g/mol. The Bertz CT molecular complexity index is 647. The third kappa shape index (κ3) is 3.51. The highest BCUT2D eigenvalue weighted by atomic mass is 35.5. The average Bonchev–Trinajstić information content (AvgIpc) is 2.46. The second-order valence-corrected chi connectivity index (χ2v) is 4.99. The summed E-state index contributed by atoms with van der Waals surface area (Å²) in [7, 11) is 0. The minimum absolute atomic E-state index is 0.0612. The van der Waals surface area contributed by atoms with Gasteiger partial charge in [0.15, 0.2) is 0 Å². The Morgan fingerprint density at radius 2 is 2.10 bits per heavy atom. The number of ether oxygens (including phenoxy) is 1. The fourth-order valence-corrected chi connectivity index (χ4v) is 2.05. The van der Waals surface area contributed by atoms with E-state index in [-0.39, 0.29) is 6.04 Å². The van der Waals surface area contributed by atoms with Gasteiger partial charge in [-0.1, -0.05) is 29.8 Å². The summed E-state index contributed by atoms with van der Waals surface area (Å²) in [6.07, 6.45) is 0. The lowest BCUT2D eigenvalue weighted by molar-refractivity contribution is 0.306. The molecule has 0 spiro atoms. The van der Waals surface area contributed by atoms with Crippen molar-refractivity contribution < 1.29 is 4.74 Å².